The Morgan fingerprint density at radius 1 is 1.18 bits per heavy atom. The first-order chi connectivity index (χ1) is 7.93. The average molecular weight is 357 g/mol. The minimum atomic E-state index is -3.68. The second-order valence-electron chi connectivity index (χ2n) is 2.97. The second-order valence-corrected chi connectivity index (χ2v) is 7.92. The zero-order valence-electron chi connectivity index (χ0n) is 8.50. The molecule has 1 aromatic rings. The molecule has 0 fully saturated rings. The lowest BCUT2D eigenvalue weighted by molar-refractivity contribution is 0.449. The van der Waals surface area contributed by atoms with E-state index in [0.717, 1.165) is 11.3 Å². The van der Waals surface area contributed by atoms with E-state index in [-0.39, 0.29) is 34.1 Å². The summed E-state index contributed by atoms with van der Waals surface area (Å²) in [6, 6.07) is 1.33. The van der Waals surface area contributed by atoms with Crippen LogP contribution in [0.25, 0.3) is 0 Å². The molecule has 0 bridgehead atoms. The fourth-order valence-electron chi connectivity index (χ4n) is 1.18. The monoisotopic (exact) mass is 355 g/mol. The van der Waals surface area contributed by atoms with Crippen LogP contribution in [0.5, 0.6) is 0 Å². The Kier molecular flexibility index (Phi) is 6.33. The van der Waals surface area contributed by atoms with Crippen LogP contribution < -0.4 is 0 Å². The molecule has 0 amide bonds. The summed E-state index contributed by atoms with van der Waals surface area (Å²) in [5.74, 6) is 0.372. The van der Waals surface area contributed by atoms with Crippen molar-refractivity contribution in [1.29, 1.82) is 0 Å². The molecule has 0 aliphatic carbocycles. The summed E-state index contributed by atoms with van der Waals surface area (Å²) in [6.07, 6.45) is 0. The van der Waals surface area contributed by atoms with Crippen LogP contribution in [0, 0.1) is 0 Å². The van der Waals surface area contributed by atoms with Crippen molar-refractivity contribution in [2.75, 3.05) is 24.8 Å². The first-order valence-corrected chi connectivity index (χ1v) is 8.58. The van der Waals surface area contributed by atoms with Crippen molar-refractivity contribution in [2.45, 2.75) is 4.90 Å². The van der Waals surface area contributed by atoms with E-state index in [1.165, 1.54) is 10.4 Å². The Morgan fingerprint density at radius 3 is 2.06 bits per heavy atom. The normalized spacial score (nSPS) is 12.3. The molecule has 0 saturated carbocycles. The fourth-order valence-corrected chi connectivity index (χ4v) is 5.34. The van der Waals surface area contributed by atoms with Gasteiger partial charge in [0.15, 0.2) is 0 Å². The Balaban J connectivity index is 3.11. The number of halogens is 4. The predicted molar refractivity (Wildman–Crippen MR) is 74.5 cm³/mol. The van der Waals surface area contributed by atoms with E-state index < -0.39 is 10.0 Å². The van der Waals surface area contributed by atoms with Crippen LogP contribution in [-0.2, 0) is 10.0 Å². The topological polar surface area (TPSA) is 37.4 Å². The van der Waals surface area contributed by atoms with Gasteiger partial charge in [-0.3, -0.25) is 0 Å². The van der Waals surface area contributed by atoms with Crippen molar-refractivity contribution in [3.8, 4) is 0 Å². The SMILES string of the molecule is O=S(=O)(c1cc(Cl)sc1Cl)N(CCCl)CCCl. The van der Waals surface area contributed by atoms with Crippen LogP contribution in [0.4, 0.5) is 0 Å². The maximum absolute atomic E-state index is 12.2. The molecule has 0 aliphatic heterocycles. The van der Waals surface area contributed by atoms with Gasteiger partial charge in [-0.1, -0.05) is 23.2 Å². The molecule has 1 heterocycles. The van der Waals surface area contributed by atoms with E-state index in [9.17, 15) is 8.42 Å². The first-order valence-electron chi connectivity index (χ1n) is 4.50. The maximum atomic E-state index is 12.2. The average Bonchev–Trinajstić information content (AvgIpc) is 2.58. The molecule has 1 rings (SSSR count). The molecular weight excluding hydrogens is 348 g/mol. The second kappa shape index (κ2) is 6.80. The van der Waals surface area contributed by atoms with Crippen molar-refractivity contribution in [1.82, 2.24) is 4.31 Å². The standard InChI is InChI=1S/C8H9Cl4NO2S2/c9-1-3-13(4-2-10)17(14,15)6-5-7(11)16-8(6)12/h5H,1-4H2. The third-order valence-corrected chi connectivity index (χ3v) is 5.90. The number of rotatable bonds is 6. The van der Waals surface area contributed by atoms with Crippen molar-refractivity contribution in [3.63, 3.8) is 0 Å². The molecule has 0 saturated heterocycles. The van der Waals surface area contributed by atoms with Gasteiger partial charge in [0, 0.05) is 24.8 Å². The van der Waals surface area contributed by atoms with Crippen LogP contribution in [0.3, 0.4) is 0 Å². The highest BCUT2D eigenvalue weighted by atomic mass is 35.5. The Labute approximate surface area is 124 Å². The largest absolute Gasteiger partial charge is 0.245 e. The van der Waals surface area contributed by atoms with E-state index in [1.807, 2.05) is 0 Å². The van der Waals surface area contributed by atoms with Gasteiger partial charge in [0.2, 0.25) is 10.0 Å². The summed E-state index contributed by atoms with van der Waals surface area (Å²) in [5.41, 5.74) is 0. The lowest BCUT2D eigenvalue weighted by Crippen LogP contribution is -2.34. The number of thiophene rings is 1. The number of sulfonamides is 1. The zero-order chi connectivity index (χ0) is 13.1. The Bertz CT molecular complexity index is 468. The number of nitrogens with zero attached hydrogens (tertiary/aromatic N) is 1. The predicted octanol–water partition coefficient (Wildman–Crippen LogP) is 3.52. The lowest BCUT2D eigenvalue weighted by atomic mass is 10.6. The highest BCUT2D eigenvalue weighted by Gasteiger charge is 2.27. The Morgan fingerprint density at radius 2 is 1.71 bits per heavy atom. The summed E-state index contributed by atoms with van der Waals surface area (Å²) in [7, 11) is -3.68. The zero-order valence-corrected chi connectivity index (χ0v) is 13.2. The van der Waals surface area contributed by atoms with E-state index >= 15 is 0 Å². The Hall–Kier alpha value is 0.770. The minimum absolute atomic E-state index is 0.00407. The maximum Gasteiger partial charge on any atom is 0.245 e. The number of hydrogen-bond donors (Lipinski definition) is 0. The van der Waals surface area contributed by atoms with Crippen LogP contribution in [0.15, 0.2) is 11.0 Å². The molecule has 0 radical (unpaired) electrons. The molecule has 3 nitrogen and oxygen atoms in total. The van der Waals surface area contributed by atoms with Gasteiger partial charge in [-0.05, 0) is 6.07 Å². The van der Waals surface area contributed by atoms with Crippen LogP contribution in [0.2, 0.25) is 8.67 Å². The van der Waals surface area contributed by atoms with Gasteiger partial charge < -0.3 is 0 Å². The summed E-state index contributed by atoms with van der Waals surface area (Å²) >= 11 is 23.7. The summed E-state index contributed by atoms with van der Waals surface area (Å²) in [4.78, 5) is 0.00407. The van der Waals surface area contributed by atoms with E-state index in [1.54, 1.807) is 0 Å². The smallest absolute Gasteiger partial charge is 0.207 e. The quantitative estimate of drug-likeness (QED) is 0.731. The molecule has 0 aliphatic rings. The number of hydrogen-bond acceptors (Lipinski definition) is 3. The molecule has 0 unspecified atom stereocenters. The molecule has 17 heavy (non-hydrogen) atoms. The number of alkyl halides is 2. The molecule has 1 aromatic heterocycles. The van der Waals surface area contributed by atoms with Gasteiger partial charge in [-0.25, -0.2) is 8.42 Å². The molecule has 0 N–H and O–H groups in total. The van der Waals surface area contributed by atoms with E-state index in [4.69, 9.17) is 46.4 Å². The van der Waals surface area contributed by atoms with Crippen molar-refractivity contribution < 1.29 is 8.42 Å². The van der Waals surface area contributed by atoms with E-state index in [0.29, 0.717) is 4.34 Å². The van der Waals surface area contributed by atoms with Gasteiger partial charge >= 0.3 is 0 Å². The summed E-state index contributed by atoms with van der Waals surface area (Å²) < 4.78 is 26.1. The summed E-state index contributed by atoms with van der Waals surface area (Å²) in [6.45, 7) is 0.362. The van der Waals surface area contributed by atoms with Crippen LogP contribution in [0.1, 0.15) is 0 Å². The lowest BCUT2D eigenvalue weighted by Gasteiger charge is -2.19. The third-order valence-electron chi connectivity index (χ3n) is 1.91. The van der Waals surface area contributed by atoms with Gasteiger partial charge in [-0.2, -0.15) is 4.31 Å². The molecular formula is C8H9Cl4NO2S2. The van der Waals surface area contributed by atoms with E-state index in [2.05, 4.69) is 0 Å². The molecule has 9 heteroatoms. The fraction of sp³-hybridized carbons (Fsp3) is 0.500. The van der Waals surface area contributed by atoms with Gasteiger partial charge in [0.05, 0.1) is 4.34 Å². The molecule has 0 aromatic carbocycles. The molecule has 98 valence electrons. The van der Waals surface area contributed by atoms with Crippen LogP contribution >= 0.6 is 57.7 Å². The minimum Gasteiger partial charge on any atom is -0.207 e. The first kappa shape index (κ1) is 15.8. The molecule has 0 atom stereocenters. The van der Waals surface area contributed by atoms with Crippen LogP contribution in [-0.4, -0.2) is 37.6 Å². The molecule has 0 spiro atoms. The van der Waals surface area contributed by atoms with Crippen molar-refractivity contribution in [2.24, 2.45) is 0 Å². The highest BCUT2D eigenvalue weighted by Crippen LogP contribution is 2.35. The van der Waals surface area contributed by atoms with Gasteiger partial charge in [0.25, 0.3) is 0 Å². The third kappa shape index (κ3) is 3.86. The van der Waals surface area contributed by atoms with Crippen molar-refractivity contribution >= 4 is 67.8 Å². The highest BCUT2D eigenvalue weighted by molar-refractivity contribution is 7.89. The van der Waals surface area contributed by atoms with Gasteiger partial charge in [0.1, 0.15) is 9.23 Å². The van der Waals surface area contributed by atoms with Crippen molar-refractivity contribution in [3.05, 3.63) is 14.7 Å². The summed E-state index contributed by atoms with van der Waals surface area (Å²) in [5, 5.41) is 0. The van der Waals surface area contributed by atoms with Gasteiger partial charge in [-0.15, -0.1) is 34.5 Å².